The van der Waals surface area contributed by atoms with Crippen LogP contribution in [-0.2, 0) is 0 Å². The number of anilines is 1. The average Bonchev–Trinajstić information content (AvgIpc) is 2.49. The molecule has 0 radical (unpaired) electrons. The van der Waals surface area contributed by atoms with Gasteiger partial charge in [0.15, 0.2) is 11.6 Å². The largest absolute Gasteiger partial charge is 0.440 e. The maximum absolute atomic E-state index is 12.0. The third kappa shape index (κ3) is 1.93. The lowest BCUT2D eigenvalue weighted by atomic mass is 10.1. The normalized spacial score (nSPS) is 11.1. The number of nitrogens with zero attached hydrogens (tertiary/aromatic N) is 2. The first-order valence-corrected chi connectivity index (χ1v) is 6.82. The molecule has 0 saturated heterocycles. The predicted octanol–water partition coefficient (Wildman–Crippen LogP) is 3.14. The van der Waals surface area contributed by atoms with E-state index in [0.29, 0.717) is 16.8 Å². The van der Waals surface area contributed by atoms with Gasteiger partial charge in [-0.05, 0) is 38.1 Å². The Morgan fingerprint density at radius 3 is 2.60 bits per heavy atom. The van der Waals surface area contributed by atoms with E-state index in [9.17, 15) is 4.79 Å². The first-order valence-electron chi connectivity index (χ1n) is 6.82. The molecular formula is C16H16N2O2. The molecule has 0 aromatic heterocycles. The van der Waals surface area contributed by atoms with Crippen LogP contribution in [0.2, 0.25) is 0 Å². The van der Waals surface area contributed by atoms with E-state index in [1.54, 1.807) is 6.07 Å². The monoisotopic (exact) mass is 268 g/mol. The number of hydrogen-bond acceptors (Lipinski definition) is 4. The van der Waals surface area contributed by atoms with Crippen molar-refractivity contribution in [1.82, 2.24) is 4.98 Å². The summed E-state index contributed by atoms with van der Waals surface area (Å²) in [6.45, 7) is 5.87. The van der Waals surface area contributed by atoms with Gasteiger partial charge in [0, 0.05) is 18.5 Å². The number of pyridine rings is 1. The highest BCUT2D eigenvalue weighted by molar-refractivity contribution is 5.92. The summed E-state index contributed by atoms with van der Waals surface area (Å²) in [5.41, 5.74) is 0.957. The van der Waals surface area contributed by atoms with E-state index < -0.39 is 0 Å². The van der Waals surface area contributed by atoms with Crippen molar-refractivity contribution in [3.63, 3.8) is 0 Å². The molecule has 4 nitrogen and oxygen atoms in total. The Hall–Kier alpha value is -2.36. The van der Waals surface area contributed by atoms with E-state index in [4.69, 9.17) is 4.42 Å². The van der Waals surface area contributed by atoms with E-state index in [1.165, 1.54) is 0 Å². The molecule has 1 aromatic carbocycles. The highest BCUT2D eigenvalue weighted by atomic mass is 16.4. The summed E-state index contributed by atoms with van der Waals surface area (Å²) in [6.07, 6.45) is 0. The molecule has 2 aliphatic rings. The average molecular weight is 268 g/mol. The molecule has 0 bridgehead atoms. The van der Waals surface area contributed by atoms with Crippen LogP contribution in [-0.4, -0.2) is 18.1 Å². The third-order valence-corrected chi connectivity index (χ3v) is 3.52. The summed E-state index contributed by atoms with van der Waals surface area (Å²) >= 11 is 0. The lowest BCUT2D eigenvalue weighted by Crippen LogP contribution is -2.22. The number of fused-ring (bicyclic) bond motifs is 3. The highest BCUT2D eigenvalue weighted by Crippen LogP contribution is 2.30. The van der Waals surface area contributed by atoms with Gasteiger partial charge in [0.25, 0.3) is 5.56 Å². The fraction of sp³-hybridized carbons (Fsp3) is 0.250. The molecule has 1 aromatic rings. The molecule has 0 fully saturated rings. The Kier molecular flexibility index (Phi) is 3.14. The van der Waals surface area contributed by atoms with Crippen molar-refractivity contribution in [2.75, 3.05) is 18.0 Å². The van der Waals surface area contributed by atoms with Crippen LogP contribution in [0.15, 0.2) is 45.6 Å². The minimum atomic E-state index is -0.242. The summed E-state index contributed by atoms with van der Waals surface area (Å²) in [7, 11) is 0. The quantitative estimate of drug-likeness (QED) is 0.685. The van der Waals surface area contributed by atoms with Crippen molar-refractivity contribution in [2.45, 2.75) is 13.8 Å². The van der Waals surface area contributed by atoms with E-state index in [1.807, 2.05) is 30.3 Å². The Morgan fingerprint density at radius 1 is 1.10 bits per heavy atom. The van der Waals surface area contributed by atoms with Gasteiger partial charge >= 0.3 is 0 Å². The number of rotatable bonds is 3. The highest BCUT2D eigenvalue weighted by Gasteiger charge is 2.16. The lowest BCUT2D eigenvalue weighted by Gasteiger charge is -2.20. The van der Waals surface area contributed by atoms with Gasteiger partial charge < -0.3 is 9.32 Å². The Labute approximate surface area is 117 Å². The SMILES string of the molecule is CCN(CC)c1ccc2c(=O)nc3ccccc3c-2o1. The molecule has 0 N–H and O–H groups in total. The van der Waals surface area contributed by atoms with Crippen molar-refractivity contribution < 1.29 is 4.42 Å². The molecule has 20 heavy (non-hydrogen) atoms. The zero-order valence-electron chi connectivity index (χ0n) is 11.6. The van der Waals surface area contributed by atoms with Crippen molar-refractivity contribution in [1.29, 1.82) is 0 Å². The maximum Gasteiger partial charge on any atom is 0.281 e. The molecule has 0 saturated carbocycles. The van der Waals surface area contributed by atoms with E-state index in [-0.39, 0.29) is 5.56 Å². The van der Waals surface area contributed by atoms with Gasteiger partial charge in [-0.25, -0.2) is 4.98 Å². The molecular weight excluding hydrogens is 252 g/mol. The van der Waals surface area contributed by atoms with Crippen LogP contribution in [0, 0.1) is 0 Å². The molecule has 2 heterocycles. The minimum absolute atomic E-state index is 0.242. The van der Waals surface area contributed by atoms with Crippen molar-refractivity contribution in [2.24, 2.45) is 0 Å². The Bertz CT molecular complexity index is 775. The van der Waals surface area contributed by atoms with Crippen molar-refractivity contribution >= 4 is 16.8 Å². The van der Waals surface area contributed by atoms with Gasteiger partial charge in [-0.1, -0.05) is 12.1 Å². The van der Waals surface area contributed by atoms with Crippen LogP contribution in [0.5, 0.6) is 0 Å². The molecule has 0 aliphatic carbocycles. The second kappa shape index (κ2) is 4.96. The van der Waals surface area contributed by atoms with Gasteiger partial charge in [0.2, 0.25) is 0 Å². The van der Waals surface area contributed by atoms with Gasteiger partial charge in [0.1, 0.15) is 0 Å². The number of para-hydroxylation sites is 1. The number of benzene rings is 1. The Morgan fingerprint density at radius 2 is 1.85 bits per heavy atom. The van der Waals surface area contributed by atoms with Crippen LogP contribution in [0.3, 0.4) is 0 Å². The molecule has 102 valence electrons. The summed E-state index contributed by atoms with van der Waals surface area (Å²) in [5, 5.41) is 0.871. The van der Waals surface area contributed by atoms with Crippen LogP contribution in [0.25, 0.3) is 22.2 Å². The lowest BCUT2D eigenvalue weighted by molar-refractivity contribution is 0.550. The fourth-order valence-electron chi connectivity index (χ4n) is 2.43. The predicted molar refractivity (Wildman–Crippen MR) is 80.5 cm³/mol. The molecule has 0 unspecified atom stereocenters. The minimum Gasteiger partial charge on any atom is -0.440 e. The third-order valence-electron chi connectivity index (χ3n) is 3.52. The molecule has 0 spiro atoms. The number of hydrogen-bond donors (Lipinski definition) is 0. The van der Waals surface area contributed by atoms with E-state index in [2.05, 4.69) is 23.7 Å². The molecule has 4 heteroatoms. The van der Waals surface area contributed by atoms with Crippen LogP contribution in [0.4, 0.5) is 5.88 Å². The zero-order chi connectivity index (χ0) is 14.1. The number of aromatic nitrogens is 1. The summed E-state index contributed by atoms with van der Waals surface area (Å²) in [5.74, 6) is 1.39. The summed E-state index contributed by atoms with van der Waals surface area (Å²) < 4.78 is 5.99. The first kappa shape index (κ1) is 12.7. The molecule has 2 aliphatic heterocycles. The van der Waals surface area contributed by atoms with Crippen LogP contribution < -0.4 is 10.5 Å². The van der Waals surface area contributed by atoms with Crippen molar-refractivity contribution in [3.05, 3.63) is 46.8 Å². The molecule has 0 atom stereocenters. The van der Waals surface area contributed by atoms with Gasteiger partial charge in [-0.15, -0.1) is 0 Å². The Balaban J connectivity index is 2.34. The van der Waals surface area contributed by atoms with Gasteiger partial charge in [0.05, 0.1) is 11.1 Å². The summed E-state index contributed by atoms with van der Waals surface area (Å²) in [6, 6.07) is 11.2. The maximum atomic E-state index is 12.0. The van der Waals surface area contributed by atoms with Crippen molar-refractivity contribution in [3.8, 4) is 11.3 Å². The zero-order valence-corrected chi connectivity index (χ0v) is 11.6. The fourth-order valence-corrected chi connectivity index (χ4v) is 2.43. The standard InChI is InChI=1S/C16H16N2O2/c1-3-18(4-2)14-10-9-12-15(20-14)11-7-5-6-8-13(11)17-16(12)19/h5-10H,3-4H2,1-2H3. The topological polar surface area (TPSA) is 46.3 Å². The van der Waals surface area contributed by atoms with Gasteiger partial charge in [-0.2, -0.15) is 0 Å². The second-order valence-electron chi connectivity index (χ2n) is 4.62. The van der Waals surface area contributed by atoms with Gasteiger partial charge in [-0.3, -0.25) is 4.79 Å². The molecule has 0 amide bonds. The molecule has 3 rings (SSSR count). The van der Waals surface area contributed by atoms with E-state index >= 15 is 0 Å². The first-order chi connectivity index (χ1) is 9.74. The van der Waals surface area contributed by atoms with Crippen LogP contribution >= 0.6 is 0 Å². The summed E-state index contributed by atoms with van der Waals surface area (Å²) in [4.78, 5) is 18.2. The second-order valence-corrected chi connectivity index (χ2v) is 4.62. The van der Waals surface area contributed by atoms with E-state index in [0.717, 1.165) is 24.4 Å². The smallest absolute Gasteiger partial charge is 0.281 e. The van der Waals surface area contributed by atoms with Crippen LogP contribution in [0.1, 0.15) is 13.8 Å².